The van der Waals surface area contributed by atoms with Gasteiger partial charge in [0, 0.05) is 13.1 Å². The summed E-state index contributed by atoms with van der Waals surface area (Å²) in [5, 5.41) is 11.6. The van der Waals surface area contributed by atoms with Crippen LogP contribution in [0.15, 0.2) is 24.3 Å². The molecule has 0 unspecified atom stereocenters. The van der Waals surface area contributed by atoms with Crippen molar-refractivity contribution in [2.75, 3.05) is 39.5 Å². The van der Waals surface area contributed by atoms with E-state index < -0.39 is 0 Å². The molecule has 0 aliphatic carbocycles. The molecule has 0 heterocycles. The summed E-state index contributed by atoms with van der Waals surface area (Å²) < 4.78 is 11.0. The lowest BCUT2D eigenvalue weighted by Crippen LogP contribution is -2.23. The van der Waals surface area contributed by atoms with Gasteiger partial charge < -0.3 is 19.9 Å². The monoisotopic (exact) mass is 267 g/mol. The highest BCUT2D eigenvalue weighted by Crippen LogP contribution is 2.19. The maximum atomic E-state index is 8.57. The van der Waals surface area contributed by atoms with Gasteiger partial charge in [-0.1, -0.05) is 26.0 Å². The van der Waals surface area contributed by atoms with Crippen LogP contribution in [0.2, 0.25) is 0 Å². The number of rotatable bonds is 10. The van der Waals surface area contributed by atoms with Crippen LogP contribution >= 0.6 is 0 Å². The molecule has 1 rings (SSSR count). The zero-order chi connectivity index (χ0) is 13.9. The first-order valence-electron chi connectivity index (χ1n) is 6.86. The molecule has 0 aliphatic heterocycles. The number of nitrogens with one attached hydrogen (secondary N) is 1. The molecule has 0 atom stereocenters. The standard InChI is InChI=1S/C15H25NO3/c1-13(2)14-4-3-5-15(12-14)19-11-10-18-9-7-16-6-8-17/h3-5,12-13,16-17H,6-11H2,1-2H3. The summed E-state index contributed by atoms with van der Waals surface area (Å²) in [5.74, 6) is 1.41. The van der Waals surface area contributed by atoms with Crippen molar-refractivity contribution in [1.29, 1.82) is 0 Å². The van der Waals surface area contributed by atoms with Gasteiger partial charge in [0.05, 0.1) is 19.8 Å². The summed E-state index contributed by atoms with van der Waals surface area (Å²) in [5.41, 5.74) is 1.28. The van der Waals surface area contributed by atoms with Crippen LogP contribution in [0.1, 0.15) is 25.3 Å². The van der Waals surface area contributed by atoms with E-state index in [4.69, 9.17) is 14.6 Å². The Hall–Kier alpha value is -1.10. The fraction of sp³-hybridized carbons (Fsp3) is 0.600. The Morgan fingerprint density at radius 2 is 2.00 bits per heavy atom. The second-order valence-electron chi connectivity index (χ2n) is 4.66. The zero-order valence-electron chi connectivity index (χ0n) is 11.9. The zero-order valence-corrected chi connectivity index (χ0v) is 11.9. The van der Waals surface area contributed by atoms with E-state index in [0.29, 0.717) is 32.3 Å². The lowest BCUT2D eigenvalue weighted by molar-refractivity contribution is 0.101. The maximum Gasteiger partial charge on any atom is 0.119 e. The first kappa shape index (κ1) is 16.0. The van der Waals surface area contributed by atoms with Crippen LogP contribution in [0.3, 0.4) is 0 Å². The molecule has 1 aromatic carbocycles. The van der Waals surface area contributed by atoms with Gasteiger partial charge in [0.15, 0.2) is 0 Å². The molecule has 0 aromatic heterocycles. The molecule has 4 nitrogen and oxygen atoms in total. The van der Waals surface area contributed by atoms with E-state index in [0.717, 1.165) is 12.3 Å². The number of aliphatic hydroxyl groups excluding tert-OH is 1. The third-order valence-corrected chi connectivity index (χ3v) is 2.73. The van der Waals surface area contributed by atoms with Gasteiger partial charge in [-0.15, -0.1) is 0 Å². The van der Waals surface area contributed by atoms with Crippen molar-refractivity contribution in [3.63, 3.8) is 0 Å². The lowest BCUT2D eigenvalue weighted by Gasteiger charge is -2.10. The minimum absolute atomic E-state index is 0.162. The quantitative estimate of drug-likeness (QED) is 0.635. The number of benzene rings is 1. The Labute approximate surface area is 115 Å². The summed E-state index contributed by atoms with van der Waals surface area (Å²) in [7, 11) is 0. The molecule has 0 saturated heterocycles. The van der Waals surface area contributed by atoms with Gasteiger partial charge in [-0.2, -0.15) is 0 Å². The van der Waals surface area contributed by atoms with Gasteiger partial charge in [-0.05, 0) is 23.6 Å². The van der Waals surface area contributed by atoms with Crippen molar-refractivity contribution in [1.82, 2.24) is 5.32 Å². The lowest BCUT2D eigenvalue weighted by atomic mass is 10.0. The minimum atomic E-state index is 0.162. The van der Waals surface area contributed by atoms with E-state index in [1.54, 1.807) is 0 Å². The average molecular weight is 267 g/mol. The third-order valence-electron chi connectivity index (χ3n) is 2.73. The van der Waals surface area contributed by atoms with Crippen LogP contribution in [0.4, 0.5) is 0 Å². The topological polar surface area (TPSA) is 50.7 Å². The molecule has 108 valence electrons. The Morgan fingerprint density at radius 1 is 1.16 bits per heavy atom. The molecule has 1 aromatic rings. The van der Waals surface area contributed by atoms with Crippen LogP contribution < -0.4 is 10.1 Å². The summed E-state index contributed by atoms with van der Waals surface area (Å²) in [6.07, 6.45) is 0. The third kappa shape index (κ3) is 7.15. The number of ether oxygens (including phenoxy) is 2. The second kappa shape index (κ2) is 9.78. The molecule has 0 bridgehead atoms. The van der Waals surface area contributed by atoms with Crippen LogP contribution in [0, 0.1) is 0 Å². The fourth-order valence-electron chi connectivity index (χ4n) is 1.63. The Balaban J connectivity index is 2.10. The number of aliphatic hydroxyl groups is 1. The summed E-state index contributed by atoms with van der Waals surface area (Å²) in [6.45, 7) is 7.63. The first-order chi connectivity index (χ1) is 9.24. The molecule has 0 saturated carbocycles. The van der Waals surface area contributed by atoms with Crippen molar-refractivity contribution >= 4 is 0 Å². The van der Waals surface area contributed by atoms with Crippen LogP contribution in [-0.2, 0) is 4.74 Å². The van der Waals surface area contributed by atoms with Crippen LogP contribution in [0.25, 0.3) is 0 Å². The Kier molecular flexibility index (Phi) is 8.21. The summed E-state index contributed by atoms with van der Waals surface area (Å²) in [6, 6.07) is 8.17. The van der Waals surface area contributed by atoms with Crippen molar-refractivity contribution in [2.45, 2.75) is 19.8 Å². The Bertz CT molecular complexity index is 342. The maximum absolute atomic E-state index is 8.57. The molecule has 0 fully saturated rings. The smallest absolute Gasteiger partial charge is 0.119 e. The molecule has 19 heavy (non-hydrogen) atoms. The molecule has 0 amide bonds. The van der Waals surface area contributed by atoms with Gasteiger partial charge in [0.1, 0.15) is 12.4 Å². The largest absolute Gasteiger partial charge is 0.491 e. The van der Waals surface area contributed by atoms with E-state index in [1.165, 1.54) is 5.56 Å². The summed E-state index contributed by atoms with van der Waals surface area (Å²) >= 11 is 0. The first-order valence-corrected chi connectivity index (χ1v) is 6.86. The molecular weight excluding hydrogens is 242 g/mol. The molecule has 0 radical (unpaired) electrons. The average Bonchev–Trinajstić information content (AvgIpc) is 2.42. The minimum Gasteiger partial charge on any atom is -0.491 e. The predicted octanol–water partition coefficient (Wildman–Crippen LogP) is 1.79. The molecule has 2 N–H and O–H groups in total. The molecular formula is C15H25NO3. The molecule has 0 spiro atoms. The van der Waals surface area contributed by atoms with Crippen molar-refractivity contribution < 1.29 is 14.6 Å². The number of hydrogen-bond acceptors (Lipinski definition) is 4. The van der Waals surface area contributed by atoms with Gasteiger partial charge in [0.2, 0.25) is 0 Å². The van der Waals surface area contributed by atoms with Crippen molar-refractivity contribution in [3.8, 4) is 5.75 Å². The van der Waals surface area contributed by atoms with E-state index in [9.17, 15) is 0 Å². The molecule has 4 heteroatoms. The van der Waals surface area contributed by atoms with Crippen molar-refractivity contribution in [2.24, 2.45) is 0 Å². The highest BCUT2D eigenvalue weighted by atomic mass is 16.5. The van der Waals surface area contributed by atoms with Gasteiger partial charge >= 0.3 is 0 Å². The van der Waals surface area contributed by atoms with E-state index in [2.05, 4.69) is 31.3 Å². The van der Waals surface area contributed by atoms with Crippen LogP contribution in [-0.4, -0.2) is 44.6 Å². The Morgan fingerprint density at radius 3 is 2.74 bits per heavy atom. The van der Waals surface area contributed by atoms with Gasteiger partial charge in [0.25, 0.3) is 0 Å². The van der Waals surface area contributed by atoms with Crippen LogP contribution in [0.5, 0.6) is 5.75 Å². The SMILES string of the molecule is CC(C)c1cccc(OCCOCCNCCO)c1. The van der Waals surface area contributed by atoms with E-state index in [1.807, 2.05) is 12.1 Å². The van der Waals surface area contributed by atoms with Crippen molar-refractivity contribution in [3.05, 3.63) is 29.8 Å². The molecule has 0 aliphatic rings. The second-order valence-corrected chi connectivity index (χ2v) is 4.66. The van der Waals surface area contributed by atoms with E-state index in [-0.39, 0.29) is 6.61 Å². The fourth-order valence-corrected chi connectivity index (χ4v) is 1.63. The van der Waals surface area contributed by atoms with Gasteiger partial charge in [-0.25, -0.2) is 0 Å². The normalized spacial score (nSPS) is 10.9. The highest BCUT2D eigenvalue weighted by Gasteiger charge is 2.00. The highest BCUT2D eigenvalue weighted by molar-refractivity contribution is 5.30. The van der Waals surface area contributed by atoms with Gasteiger partial charge in [-0.3, -0.25) is 0 Å². The summed E-state index contributed by atoms with van der Waals surface area (Å²) in [4.78, 5) is 0. The number of hydrogen-bond donors (Lipinski definition) is 2. The predicted molar refractivity (Wildman–Crippen MR) is 76.8 cm³/mol. The van der Waals surface area contributed by atoms with E-state index >= 15 is 0 Å².